The summed E-state index contributed by atoms with van der Waals surface area (Å²) in [5.74, 6) is -3.21. The van der Waals surface area contributed by atoms with Gasteiger partial charge in [-0.1, -0.05) is 25.3 Å². The van der Waals surface area contributed by atoms with E-state index in [-0.39, 0.29) is 25.4 Å². The highest BCUT2D eigenvalue weighted by Crippen LogP contribution is 2.34. The lowest BCUT2D eigenvalue weighted by Gasteiger charge is -2.19. The highest BCUT2D eigenvalue weighted by Gasteiger charge is 2.44. The van der Waals surface area contributed by atoms with Gasteiger partial charge in [0.2, 0.25) is 0 Å². The molecule has 1 aliphatic carbocycles. The van der Waals surface area contributed by atoms with Crippen molar-refractivity contribution in [3.05, 3.63) is 37.1 Å². The predicted octanol–water partition coefficient (Wildman–Crippen LogP) is 1.18. The lowest BCUT2D eigenvalue weighted by atomic mass is 9.91. The molecule has 0 spiro atoms. The van der Waals surface area contributed by atoms with Crippen LogP contribution in [0.15, 0.2) is 37.1 Å². The summed E-state index contributed by atoms with van der Waals surface area (Å²) in [4.78, 5) is 35.3. The maximum Gasteiger partial charge on any atom is 0.317 e. The molecule has 6 nitrogen and oxygen atoms in total. The molecule has 1 aliphatic rings. The summed E-state index contributed by atoms with van der Waals surface area (Å²) >= 11 is 0. The number of esters is 2. The fourth-order valence-corrected chi connectivity index (χ4v) is 2.02. The van der Waals surface area contributed by atoms with Crippen molar-refractivity contribution >= 4 is 17.7 Å². The molecular weight excluding hydrogens is 276 g/mol. The van der Waals surface area contributed by atoms with Gasteiger partial charge in [-0.3, -0.25) is 14.4 Å². The van der Waals surface area contributed by atoms with E-state index in [9.17, 15) is 14.4 Å². The highest BCUT2D eigenvalue weighted by molar-refractivity contribution is 6.08. The van der Waals surface area contributed by atoms with E-state index in [1.165, 1.54) is 25.3 Å². The number of carbonyl (C=O) groups excluding carboxylic acids is 3. The number of methoxy groups -OCH3 is 1. The Kier molecular flexibility index (Phi) is 6.39. The average Bonchev–Trinajstić information content (AvgIpc) is 2.77. The van der Waals surface area contributed by atoms with Crippen molar-refractivity contribution in [1.82, 2.24) is 0 Å². The minimum absolute atomic E-state index is 0.0644. The Morgan fingerprint density at radius 1 is 1.29 bits per heavy atom. The van der Waals surface area contributed by atoms with Crippen LogP contribution in [0.1, 0.15) is 6.42 Å². The maximum atomic E-state index is 11.9. The molecule has 0 bridgehead atoms. The standard InChI is InChI=1S/C15H18O6/c1-4-6-20-12-9-11(16)14(15(18)19-3)10(12)8-13(17)21-7-5-2/h4-5,9-10,14H,1-2,6-8H2,3H3/t10-,14+/m0/s1. The van der Waals surface area contributed by atoms with Gasteiger partial charge < -0.3 is 14.2 Å². The molecule has 0 amide bonds. The molecule has 0 radical (unpaired) electrons. The first-order chi connectivity index (χ1) is 10.0. The van der Waals surface area contributed by atoms with Crippen LogP contribution in [0, 0.1) is 11.8 Å². The van der Waals surface area contributed by atoms with Crippen LogP contribution in [0.3, 0.4) is 0 Å². The second-order valence-electron chi connectivity index (χ2n) is 4.33. The fraction of sp³-hybridized carbons (Fsp3) is 0.400. The van der Waals surface area contributed by atoms with E-state index in [0.717, 1.165) is 0 Å². The van der Waals surface area contributed by atoms with E-state index in [1.807, 2.05) is 0 Å². The van der Waals surface area contributed by atoms with E-state index in [2.05, 4.69) is 17.9 Å². The summed E-state index contributed by atoms with van der Waals surface area (Å²) in [6, 6.07) is 0. The van der Waals surface area contributed by atoms with Crippen molar-refractivity contribution < 1.29 is 28.6 Å². The summed E-state index contributed by atoms with van der Waals surface area (Å²) in [5.41, 5.74) is 0. The molecule has 1 rings (SSSR count). The number of ether oxygens (including phenoxy) is 3. The molecule has 0 N–H and O–H groups in total. The quantitative estimate of drug-likeness (QED) is 0.380. The third-order valence-electron chi connectivity index (χ3n) is 2.93. The molecule has 6 heteroatoms. The Balaban J connectivity index is 2.87. The highest BCUT2D eigenvalue weighted by atomic mass is 16.5. The largest absolute Gasteiger partial charge is 0.493 e. The third kappa shape index (κ3) is 4.30. The van der Waals surface area contributed by atoms with Crippen LogP contribution in [-0.4, -0.2) is 38.0 Å². The molecule has 0 saturated heterocycles. The summed E-state index contributed by atoms with van der Waals surface area (Å²) in [6.45, 7) is 7.18. The Hall–Kier alpha value is -2.37. The number of ketones is 1. The zero-order chi connectivity index (χ0) is 15.8. The summed E-state index contributed by atoms with van der Waals surface area (Å²) in [7, 11) is 1.19. The third-order valence-corrected chi connectivity index (χ3v) is 2.93. The van der Waals surface area contributed by atoms with Gasteiger partial charge in [0.05, 0.1) is 13.5 Å². The number of hydrogen-bond donors (Lipinski definition) is 0. The van der Waals surface area contributed by atoms with Gasteiger partial charge in [-0.25, -0.2) is 0 Å². The molecule has 0 saturated carbocycles. The lowest BCUT2D eigenvalue weighted by molar-refractivity contribution is -0.151. The van der Waals surface area contributed by atoms with E-state index < -0.39 is 29.6 Å². The van der Waals surface area contributed by atoms with Gasteiger partial charge in [0.25, 0.3) is 0 Å². The van der Waals surface area contributed by atoms with Crippen LogP contribution in [0.5, 0.6) is 0 Å². The SMILES string of the molecule is C=CCOC(=O)C[C@H]1C(OCC=C)=CC(=O)[C@@H]1C(=O)OC. The molecule has 21 heavy (non-hydrogen) atoms. The van der Waals surface area contributed by atoms with Crippen molar-refractivity contribution in [3.63, 3.8) is 0 Å². The van der Waals surface area contributed by atoms with Crippen LogP contribution in [-0.2, 0) is 28.6 Å². The smallest absolute Gasteiger partial charge is 0.317 e. The van der Waals surface area contributed by atoms with E-state index >= 15 is 0 Å². The molecule has 0 heterocycles. The average molecular weight is 294 g/mol. The number of carbonyl (C=O) groups is 3. The summed E-state index contributed by atoms with van der Waals surface area (Å²) in [6.07, 6.45) is 4.00. The minimum Gasteiger partial charge on any atom is -0.493 e. The zero-order valence-electron chi connectivity index (χ0n) is 11.9. The molecule has 0 aromatic carbocycles. The van der Waals surface area contributed by atoms with Crippen molar-refractivity contribution in [2.24, 2.45) is 11.8 Å². The Bertz CT molecular complexity index is 477. The first-order valence-corrected chi connectivity index (χ1v) is 6.38. The molecule has 0 aromatic heterocycles. The molecule has 0 fully saturated rings. The van der Waals surface area contributed by atoms with E-state index in [1.54, 1.807) is 0 Å². The second kappa shape index (κ2) is 8.04. The lowest BCUT2D eigenvalue weighted by Crippen LogP contribution is -2.30. The molecule has 0 aromatic rings. The zero-order valence-corrected chi connectivity index (χ0v) is 11.9. The fourth-order valence-electron chi connectivity index (χ4n) is 2.02. The van der Waals surface area contributed by atoms with Gasteiger partial charge >= 0.3 is 11.9 Å². The Morgan fingerprint density at radius 3 is 2.52 bits per heavy atom. The molecule has 0 aliphatic heterocycles. The Labute approximate surface area is 123 Å². The molecule has 0 unspecified atom stereocenters. The minimum atomic E-state index is -1.08. The van der Waals surface area contributed by atoms with Crippen LogP contribution < -0.4 is 0 Å². The van der Waals surface area contributed by atoms with Gasteiger partial charge in [-0.2, -0.15) is 0 Å². The predicted molar refractivity (Wildman–Crippen MR) is 74.0 cm³/mol. The van der Waals surface area contributed by atoms with Gasteiger partial charge in [-0.05, 0) is 0 Å². The Morgan fingerprint density at radius 2 is 1.95 bits per heavy atom. The van der Waals surface area contributed by atoms with Crippen LogP contribution in [0.4, 0.5) is 0 Å². The normalized spacial score (nSPS) is 20.4. The van der Waals surface area contributed by atoms with Gasteiger partial charge in [-0.15, -0.1) is 0 Å². The second-order valence-corrected chi connectivity index (χ2v) is 4.33. The number of hydrogen-bond acceptors (Lipinski definition) is 6. The molecular formula is C15H18O6. The number of allylic oxidation sites excluding steroid dienone is 2. The monoisotopic (exact) mass is 294 g/mol. The van der Waals surface area contributed by atoms with Gasteiger partial charge in [0.1, 0.15) is 24.9 Å². The van der Waals surface area contributed by atoms with Crippen molar-refractivity contribution in [3.8, 4) is 0 Å². The van der Waals surface area contributed by atoms with Crippen LogP contribution in [0.25, 0.3) is 0 Å². The van der Waals surface area contributed by atoms with E-state index in [0.29, 0.717) is 0 Å². The first kappa shape index (κ1) is 16.7. The molecule has 2 atom stereocenters. The van der Waals surface area contributed by atoms with E-state index in [4.69, 9.17) is 9.47 Å². The van der Waals surface area contributed by atoms with Gasteiger partial charge in [0.15, 0.2) is 5.78 Å². The molecule has 114 valence electrons. The number of rotatable bonds is 8. The first-order valence-electron chi connectivity index (χ1n) is 6.38. The van der Waals surface area contributed by atoms with Crippen molar-refractivity contribution in [1.29, 1.82) is 0 Å². The maximum absolute atomic E-state index is 11.9. The van der Waals surface area contributed by atoms with Crippen LogP contribution in [0.2, 0.25) is 0 Å². The van der Waals surface area contributed by atoms with Gasteiger partial charge in [0, 0.05) is 12.0 Å². The van der Waals surface area contributed by atoms with Crippen molar-refractivity contribution in [2.45, 2.75) is 6.42 Å². The summed E-state index contributed by atoms with van der Waals surface area (Å²) in [5, 5.41) is 0. The van der Waals surface area contributed by atoms with Crippen molar-refractivity contribution in [2.75, 3.05) is 20.3 Å². The topological polar surface area (TPSA) is 78.9 Å². The summed E-state index contributed by atoms with van der Waals surface area (Å²) < 4.78 is 14.8. The van der Waals surface area contributed by atoms with Crippen LogP contribution >= 0.6 is 0 Å².